The summed E-state index contributed by atoms with van der Waals surface area (Å²) in [7, 11) is 0. The SMILES string of the molecule is CCCNC(c1cncc(F)c1)c1ccc(F)c(F)c1. The lowest BCUT2D eigenvalue weighted by atomic mass is 9.99. The molecule has 0 aliphatic heterocycles. The Morgan fingerprint density at radius 1 is 1.05 bits per heavy atom. The maximum atomic E-state index is 13.4. The van der Waals surface area contributed by atoms with Gasteiger partial charge in [-0.3, -0.25) is 4.98 Å². The van der Waals surface area contributed by atoms with E-state index in [4.69, 9.17) is 0 Å². The summed E-state index contributed by atoms with van der Waals surface area (Å²) in [5.41, 5.74) is 1.11. The molecule has 106 valence electrons. The molecule has 1 aromatic carbocycles. The normalized spacial score (nSPS) is 12.4. The van der Waals surface area contributed by atoms with Gasteiger partial charge in [-0.2, -0.15) is 0 Å². The van der Waals surface area contributed by atoms with Gasteiger partial charge in [0, 0.05) is 6.20 Å². The van der Waals surface area contributed by atoms with Gasteiger partial charge in [0.05, 0.1) is 12.2 Å². The minimum Gasteiger partial charge on any atom is -0.306 e. The first-order valence-corrected chi connectivity index (χ1v) is 6.40. The molecule has 1 aromatic heterocycles. The van der Waals surface area contributed by atoms with Crippen molar-refractivity contribution in [2.24, 2.45) is 0 Å². The van der Waals surface area contributed by atoms with Gasteiger partial charge in [0.25, 0.3) is 0 Å². The van der Waals surface area contributed by atoms with E-state index in [-0.39, 0.29) is 0 Å². The molecule has 1 unspecified atom stereocenters. The number of hydrogen-bond donors (Lipinski definition) is 1. The van der Waals surface area contributed by atoms with Crippen molar-refractivity contribution in [3.63, 3.8) is 0 Å². The van der Waals surface area contributed by atoms with E-state index in [1.165, 1.54) is 18.3 Å². The summed E-state index contributed by atoms with van der Waals surface area (Å²) >= 11 is 0. The Kier molecular flexibility index (Phi) is 4.74. The lowest BCUT2D eigenvalue weighted by Gasteiger charge is -2.19. The second kappa shape index (κ2) is 6.52. The van der Waals surface area contributed by atoms with E-state index in [1.54, 1.807) is 0 Å². The molecule has 0 saturated carbocycles. The number of nitrogens with zero attached hydrogens (tertiary/aromatic N) is 1. The first-order chi connectivity index (χ1) is 9.61. The van der Waals surface area contributed by atoms with Crippen molar-refractivity contribution in [3.05, 3.63) is 65.2 Å². The molecule has 0 radical (unpaired) electrons. The second-order valence-electron chi connectivity index (χ2n) is 4.50. The molecule has 2 aromatic rings. The molecule has 0 bridgehead atoms. The number of benzene rings is 1. The maximum Gasteiger partial charge on any atom is 0.159 e. The summed E-state index contributed by atoms with van der Waals surface area (Å²) in [5.74, 6) is -2.29. The smallest absolute Gasteiger partial charge is 0.159 e. The molecule has 1 N–H and O–H groups in total. The molecule has 5 heteroatoms. The van der Waals surface area contributed by atoms with Gasteiger partial charge in [0.1, 0.15) is 5.82 Å². The van der Waals surface area contributed by atoms with E-state index >= 15 is 0 Å². The number of aromatic nitrogens is 1. The van der Waals surface area contributed by atoms with Crippen LogP contribution in [0.2, 0.25) is 0 Å². The summed E-state index contributed by atoms with van der Waals surface area (Å²) in [4.78, 5) is 3.80. The zero-order chi connectivity index (χ0) is 14.5. The fraction of sp³-hybridized carbons (Fsp3) is 0.267. The fourth-order valence-electron chi connectivity index (χ4n) is 1.99. The van der Waals surface area contributed by atoms with Gasteiger partial charge in [-0.15, -0.1) is 0 Å². The summed E-state index contributed by atoms with van der Waals surface area (Å²) in [6.45, 7) is 2.65. The van der Waals surface area contributed by atoms with E-state index in [0.29, 0.717) is 17.7 Å². The predicted molar refractivity (Wildman–Crippen MR) is 70.7 cm³/mol. The first kappa shape index (κ1) is 14.5. The topological polar surface area (TPSA) is 24.9 Å². The van der Waals surface area contributed by atoms with Gasteiger partial charge in [-0.1, -0.05) is 13.0 Å². The molecular formula is C15H15F3N2. The monoisotopic (exact) mass is 280 g/mol. The van der Waals surface area contributed by atoms with Crippen LogP contribution in [-0.2, 0) is 0 Å². The van der Waals surface area contributed by atoms with Crippen molar-refractivity contribution in [2.75, 3.05) is 6.54 Å². The van der Waals surface area contributed by atoms with Crippen LogP contribution in [0.3, 0.4) is 0 Å². The van der Waals surface area contributed by atoms with Crippen LogP contribution >= 0.6 is 0 Å². The van der Waals surface area contributed by atoms with Crippen molar-refractivity contribution >= 4 is 0 Å². The van der Waals surface area contributed by atoms with Gasteiger partial charge in [-0.05, 0) is 42.3 Å². The standard InChI is InChI=1S/C15H15F3N2/c1-2-5-20-15(11-6-12(16)9-19-8-11)10-3-4-13(17)14(18)7-10/h3-4,6-9,15,20H,2,5H2,1H3. The van der Waals surface area contributed by atoms with Crippen LogP contribution in [0.4, 0.5) is 13.2 Å². The summed E-state index contributed by atoms with van der Waals surface area (Å²) in [6.07, 6.45) is 3.48. The Morgan fingerprint density at radius 3 is 2.50 bits per heavy atom. The highest BCUT2D eigenvalue weighted by molar-refractivity contribution is 5.31. The highest BCUT2D eigenvalue weighted by Gasteiger charge is 2.16. The summed E-state index contributed by atoms with van der Waals surface area (Å²) in [6, 6.07) is 4.58. The van der Waals surface area contributed by atoms with Crippen molar-refractivity contribution < 1.29 is 13.2 Å². The molecule has 2 nitrogen and oxygen atoms in total. The molecule has 1 atom stereocenters. The van der Waals surface area contributed by atoms with E-state index in [9.17, 15) is 13.2 Å². The number of nitrogens with one attached hydrogen (secondary N) is 1. The van der Waals surface area contributed by atoms with E-state index in [1.807, 2.05) is 6.92 Å². The van der Waals surface area contributed by atoms with E-state index < -0.39 is 23.5 Å². The number of rotatable bonds is 5. The van der Waals surface area contributed by atoms with Gasteiger partial charge in [-0.25, -0.2) is 13.2 Å². The fourth-order valence-corrected chi connectivity index (χ4v) is 1.99. The highest BCUT2D eigenvalue weighted by atomic mass is 19.2. The van der Waals surface area contributed by atoms with Crippen LogP contribution in [0.5, 0.6) is 0 Å². The van der Waals surface area contributed by atoms with Crippen LogP contribution in [-0.4, -0.2) is 11.5 Å². The Balaban J connectivity index is 2.38. The van der Waals surface area contributed by atoms with Crippen molar-refractivity contribution in [3.8, 4) is 0 Å². The Morgan fingerprint density at radius 2 is 1.85 bits per heavy atom. The van der Waals surface area contributed by atoms with E-state index in [2.05, 4.69) is 10.3 Å². The summed E-state index contributed by atoms with van der Waals surface area (Å²) in [5, 5.41) is 3.18. The second-order valence-corrected chi connectivity index (χ2v) is 4.50. The number of hydrogen-bond acceptors (Lipinski definition) is 2. The summed E-state index contributed by atoms with van der Waals surface area (Å²) < 4.78 is 39.7. The van der Waals surface area contributed by atoms with Gasteiger partial charge >= 0.3 is 0 Å². The average molecular weight is 280 g/mol. The maximum absolute atomic E-state index is 13.4. The van der Waals surface area contributed by atoms with Gasteiger partial charge < -0.3 is 5.32 Å². The van der Waals surface area contributed by atoms with Crippen LogP contribution in [0.1, 0.15) is 30.5 Å². The molecule has 0 spiro atoms. The molecule has 0 aliphatic carbocycles. The predicted octanol–water partition coefficient (Wildman–Crippen LogP) is 3.59. The Labute approximate surface area is 115 Å². The largest absolute Gasteiger partial charge is 0.306 e. The van der Waals surface area contributed by atoms with Crippen LogP contribution < -0.4 is 5.32 Å². The molecule has 20 heavy (non-hydrogen) atoms. The van der Waals surface area contributed by atoms with Crippen molar-refractivity contribution in [1.29, 1.82) is 0 Å². The average Bonchev–Trinajstić information content (AvgIpc) is 2.43. The third-order valence-electron chi connectivity index (χ3n) is 2.93. The molecule has 0 saturated heterocycles. The molecule has 2 rings (SSSR count). The molecule has 0 aliphatic rings. The number of halogens is 3. The van der Waals surface area contributed by atoms with Crippen LogP contribution in [0.15, 0.2) is 36.7 Å². The Hall–Kier alpha value is -1.88. The quantitative estimate of drug-likeness (QED) is 0.905. The lowest BCUT2D eigenvalue weighted by Crippen LogP contribution is -2.23. The Bertz CT molecular complexity index is 587. The molecule has 0 amide bonds. The molecule has 0 fully saturated rings. The van der Waals surface area contributed by atoms with Crippen LogP contribution in [0.25, 0.3) is 0 Å². The van der Waals surface area contributed by atoms with Gasteiger partial charge in [0.2, 0.25) is 0 Å². The molecular weight excluding hydrogens is 265 g/mol. The third kappa shape index (κ3) is 3.36. The molecule has 1 heterocycles. The number of pyridine rings is 1. The van der Waals surface area contributed by atoms with Crippen LogP contribution in [0, 0.1) is 17.5 Å². The minimum atomic E-state index is -0.921. The van der Waals surface area contributed by atoms with Gasteiger partial charge in [0.15, 0.2) is 11.6 Å². The zero-order valence-corrected chi connectivity index (χ0v) is 11.0. The van der Waals surface area contributed by atoms with Crippen molar-refractivity contribution in [2.45, 2.75) is 19.4 Å². The minimum absolute atomic E-state index is 0.423. The lowest BCUT2D eigenvalue weighted by molar-refractivity contribution is 0.502. The van der Waals surface area contributed by atoms with Crippen molar-refractivity contribution in [1.82, 2.24) is 10.3 Å². The zero-order valence-electron chi connectivity index (χ0n) is 11.0. The van der Waals surface area contributed by atoms with E-state index in [0.717, 1.165) is 24.8 Å². The first-order valence-electron chi connectivity index (χ1n) is 6.40. The highest BCUT2D eigenvalue weighted by Crippen LogP contribution is 2.23. The third-order valence-corrected chi connectivity index (χ3v) is 2.93.